The Kier molecular flexibility index (Phi) is 2.81. The lowest BCUT2D eigenvalue weighted by Crippen LogP contribution is -1.99. The number of benzene rings is 2. The van der Waals surface area contributed by atoms with Crippen LogP contribution in [0, 0.1) is 6.92 Å². The first-order valence-electron chi connectivity index (χ1n) is 7.06. The molecule has 0 fully saturated rings. The number of aromatic amines is 2. The molecule has 22 heavy (non-hydrogen) atoms. The first-order valence-corrected chi connectivity index (χ1v) is 7.47. The highest BCUT2D eigenvalue weighted by Gasteiger charge is 2.10. The summed E-state index contributed by atoms with van der Waals surface area (Å²) >= 11 is 5.64. The highest BCUT2D eigenvalue weighted by atomic mass is 32.1. The third-order valence-electron chi connectivity index (χ3n) is 4.00. The Labute approximate surface area is 132 Å². The summed E-state index contributed by atoms with van der Waals surface area (Å²) in [7, 11) is 0. The average Bonchev–Trinajstić information content (AvgIpc) is 3.10. The number of phenolic OH excluding ortho intramolecular Hbond substituents is 1. The van der Waals surface area contributed by atoms with Gasteiger partial charge in [0.1, 0.15) is 5.75 Å². The highest BCUT2D eigenvalue weighted by Crippen LogP contribution is 2.24. The highest BCUT2D eigenvalue weighted by molar-refractivity contribution is 7.81. The molecule has 3 N–H and O–H groups in total. The molecule has 0 aliphatic carbocycles. The quantitative estimate of drug-likeness (QED) is 0.379. The molecule has 0 saturated heterocycles. The van der Waals surface area contributed by atoms with Crippen molar-refractivity contribution in [3.05, 3.63) is 65.5 Å². The smallest absolute Gasteiger partial charge is 0.116 e. The molecule has 0 amide bonds. The van der Waals surface area contributed by atoms with Gasteiger partial charge in [-0.25, -0.2) is 0 Å². The summed E-state index contributed by atoms with van der Waals surface area (Å²) in [5.74, 6) is 0.258. The summed E-state index contributed by atoms with van der Waals surface area (Å²) in [6.07, 6.45) is 2.00. The van der Waals surface area contributed by atoms with Crippen LogP contribution < -0.4 is 0 Å². The summed E-state index contributed by atoms with van der Waals surface area (Å²) in [4.78, 5) is 7.34. The fourth-order valence-corrected chi connectivity index (χ4v) is 3.04. The van der Waals surface area contributed by atoms with E-state index in [1.807, 2.05) is 24.4 Å². The van der Waals surface area contributed by atoms with E-state index < -0.39 is 0 Å². The molecule has 2 heterocycles. The van der Waals surface area contributed by atoms with Gasteiger partial charge in [0.25, 0.3) is 0 Å². The second kappa shape index (κ2) is 4.71. The molecular weight excluding hydrogens is 292 g/mol. The number of thiocarbonyl (C=S) groups is 1. The van der Waals surface area contributed by atoms with E-state index in [9.17, 15) is 5.11 Å². The molecule has 3 nitrogen and oxygen atoms in total. The number of H-pyrrole nitrogens is 2. The van der Waals surface area contributed by atoms with Gasteiger partial charge < -0.3 is 15.1 Å². The van der Waals surface area contributed by atoms with Crippen LogP contribution in [0.5, 0.6) is 5.75 Å². The van der Waals surface area contributed by atoms with Gasteiger partial charge in [-0.15, -0.1) is 0 Å². The fourth-order valence-electron chi connectivity index (χ4n) is 2.80. The average molecular weight is 306 g/mol. The molecular formula is C18H14N2OS. The maximum Gasteiger partial charge on any atom is 0.116 e. The van der Waals surface area contributed by atoms with Crippen LogP contribution in [0.15, 0.2) is 48.7 Å². The minimum Gasteiger partial charge on any atom is -0.508 e. The Hall–Kier alpha value is -2.59. The van der Waals surface area contributed by atoms with E-state index in [0.29, 0.717) is 0 Å². The van der Waals surface area contributed by atoms with Gasteiger partial charge in [-0.05, 0) is 54.4 Å². The first kappa shape index (κ1) is 13.1. The van der Waals surface area contributed by atoms with Crippen LogP contribution in [0.2, 0.25) is 0 Å². The van der Waals surface area contributed by atoms with Crippen molar-refractivity contribution in [2.24, 2.45) is 0 Å². The molecule has 0 atom stereocenters. The van der Waals surface area contributed by atoms with Gasteiger partial charge in [-0.1, -0.05) is 18.3 Å². The lowest BCUT2D eigenvalue weighted by atomic mass is 10.1. The number of rotatable bonds is 2. The Morgan fingerprint density at radius 3 is 2.73 bits per heavy atom. The van der Waals surface area contributed by atoms with E-state index in [2.05, 4.69) is 29.0 Å². The van der Waals surface area contributed by atoms with Gasteiger partial charge in [0.05, 0.1) is 10.6 Å². The summed E-state index contributed by atoms with van der Waals surface area (Å²) in [6.45, 7) is 2.08. The number of hydrogen-bond acceptors (Lipinski definition) is 2. The van der Waals surface area contributed by atoms with Crippen LogP contribution in [-0.2, 0) is 0 Å². The van der Waals surface area contributed by atoms with Gasteiger partial charge in [0, 0.05) is 28.0 Å². The molecule has 0 saturated carbocycles. The Balaban J connectivity index is 1.81. The van der Waals surface area contributed by atoms with Crippen LogP contribution in [-0.4, -0.2) is 19.9 Å². The van der Waals surface area contributed by atoms with Crippen LogP contribution in [0.1, 0.15) is 16.8 Å². The second-order valence-electron chi connectivity index (χ2n) is 5.52. The van der Waals surface area contributed by atoms with Gasteiger partial charge >= 0.3 is 0 Å². The molecule has 4 aromatic rings. The summed E-state index contributed by atoms with van der Waals surface area (Å²) in [5.41, 5.74) is 5.20. The lowest BCUT2D eigenvalue weighted by Gasteiger charge is -2.03. The molecule has 0 aliphatic rings. The van der Waals surface area contributed by atoms with E-state index in [0.717, 1.165) is 32.5 Å². The minimum absolute atomic E-state index is 0.258. The fraction of sp³-hybridized carbons (Fsp3) is 0.0556. The topological polar surface area (TPSA) is 51.8 Å². The Bertz CT molecular complexity index is 1030. The van der Waals surface area contributed by atoms with E-state index in [-0.39, 0.29) is 5.75 Å². The molecule has 2 aromatic carbocycles. The van der Waals surface area contributed by atoms with Crippen molar-refractivity contribution in [2.45, 2.75) is 6.92 Å². The molecule has 0 spiro atoms. The van der Waals surface area contributed by atoms with Crippen LogP contribution in [0.25, 0.3) is 21.8 Å². The molecule has 0 bridgehead atoms. The van der Waals surface area contributed by atoms with Crippen LogP contribution in [0.3, 0.4) is 0 Å². The number of nitrogens with one attached hydrogen (secondary N) is 2. The molecule has 108 valence electrons. The Morgan fingerprint density at radius 2 is 1.86 bits per heavy atom. The van der Waals surface area contributed by atoms with Crippen molar-refractivity contribution < 1.29 is 5.11 Å². The lowest BCUT2D eigenvalue weighted by molar-refractivity contribution is 0.476. The zero-order valence-electron chi connectivity index (χ0n) is 12.0. The van der Waals surface area contributed by atoms with E-state index >= 15 is 0 Å². The number of aromatic hydroxyl groups is 1. The molecule has 4 heteroatoms. The molecule has 2 aromatic heterocycles. The number of phenols is 1. The van der Waals surface area contributed by atoms with Crippen molar-refractivity contribution >= 4 is 38.9 Å². The van der Waals surface area contributed by atoms with E-state index in [4.69, 9.17) is 12.2 Å². The predicted octanol–water partition coefficient (Wildman–Crippen LogP) is 4.43. The number of hydrogen-bond donors (Lipinski definition) is 3. The zero-order chi connectivity index (χ0) is 15.3. The first-order chi connectivity index (χ1) is 10.6. The summed E-state index contributed by atoms with van der Waals surface area (Å²) in [6, 6.07) is 13.4. The number of fused-ring (bicyclic) bond motifs is 2. The second-order valence-corrected chi connectivity index (χ2v) is 5.92. The largest absolute Gasteiger partial charge is 0.508 e. The van der Waals surface area contributed by atoms with Gasteiger partial charge in [0.2, 0.25) is 0 Å². The maximum absolute atomic E-state index is 9.57. The minimum atomic E-state index is 0.258. The molecule has 0 radical (unpaired) electrons. The van der Waals surface area contributed by atoms with Crippen LogP contribution >= 0.6 is 12.2 Å². The van der Waals surface area contributed by atoms with E-state index in [1.165, 1.54) is 10.9 Å². The SMILES string of the molecule is Cc1c[nH]c2ccc(C(=S)c3cc4cc(O)ccc4[nH]3)cc12. The van der Waals surface area contributed by atoms with Crippen LogP contribution in [0.4, 0.5) is 0 Å². The van der Waals surface area contributed by atoms with Crippen molar-refractivity contribution in [3.63, 3.8) is 0 Å². The predicted molar refractivity (Wildman–Crippen MR) is 93.8 cm³/mol. The molecule has 0 unspecified atom stereocenters. The van der Waals surface area contributed by atoms with Crippen molar-refractivity contribution in [1.82, 2.24) is 9.97 Å². The third-order valence-corrected chi connectivity index (χ3v) is 4.46. The molecule has 4 rings (SSSR count). The van der Waals surface area contributed by atoms with Gasteiger partial charge in [-0.3, -0.25) is 0 Å². The van der Waals surface area contributed by atoms with Gasteiger partial charge in [0.15, 0.2) is 0 Å². The summed E-state index contributed by atoms with van der Waals surface area (Å²) in [5, 5.41) is 11.7. The number of aryl methyl sites for hydroxylation is 1. The van der Waals surface area contributed by atoms with Crippen molar-refractivity contribution in [1.29, 1.82) is 0 Å². The monoisotopic (exact) mass is 306 g/mol. The van der Waals surface area contributed by atoms with Crippen molar-refractivity contribution in [2.75, 3.05) is 0 Å². The maximum atomic E-state index is 9.57. The zero-order valence-corrected chi connectivity index (χ0v) is 12.8. The Morgan fingerprint density at radius 1 is 1.05 bits per heavy atom. The van der Waals surface area contributed by atoms with Gasteiger partial charge in [-0.2, -0.15) is 0 Å². The van der Waals surface area contributed by atoms with E-state index in [1.54, 1.807) is 12.1 Å². The molecule has 0 aliphatic heterocycles. The van der Waals surface area contributed by atoms with Crippen molar-refractivity contribution in [3.8, 4) is 5.75 Å². The number of aromatic nitrogens is 2. The normalized spacial score (nSPS) is 11.3. The third kappa shape index (κ3) is 2.00. The standard InChI is InChI=1S/C18H14N2OS/c1-10-9-19-16-4-2-11(7-14(10)16)18(22)17-8-12-6-13(21)3-5-15(12)20-17/h2-9,19-21H,1H3. The summed E-state index contributed by atoms with van der Waals surface area (Å²) < 4.78 is 0.